The van der Waals surface area contributed by atoms with Crippen LogP contribution in [0.3, 0.4) is 0 Å². The Bertz CT molecular complexity index is 369. The zero-order valence-electron chi connectivity index (χ0n) is 6.35. The third kappa shape index (κ3) is 1.37. The van der Waals surface area contributed by atoms with Gasteiger partial charge in [-0.15, -0.1) is 0 Å². The Morgan fingerprint density at radius 3 is 3.08 bits per heavy atom. The molecule has 0 aliphatic carbocycles. The van der Waals surface area contributed by atoms with E-state index in [1.807, 2.05) is 0 Å². The van der Waals surface area contributed by atoms with Crippen molar-refractivity contribution in [2.75, 3.05) is 5.06 Å². The van der Waals surface area contributed by atoms with Gasteiger partial charge in [0.15, 0.2) is 5.50 Å². The topological polar surface area (TPSA) is 49.2 Å². The standard InChI is InChI=1S/C7H5Cl2N3O/c8-4-1-5-6(2-10-3-11-5)12(13)7(4)9/h1-3,7,13H. The summed E-state index contributed by atoms with van der Waals surface area (Å²) >= 11 is 11.5. The molecule has 1 N–H and O–H groups in total. The zero-order chi connectivity index (χ0) is 9.42. The van der Waals surface area contributed by atoms with Gasteiger partial charge in [0.1, 0.15) is 12.0 Å². The molecule has 0 amide bonds. The van der Waals surface area contributed by atoms with Crippen molar-refractivity contribution in [3.05, 3.63) is 23.3 Å². The summed E-state index contributed by atoms with van der Waals surface area (Å²) in [4.78, 5) is 7.69. The highest BCUT2D eigenvalue weighted by Crippen LogP contribution is 2.32. The highest BCUT2D eigenvalue weighted by atomic mass is 35.5. The molecule has 0 aromatic carbocycles. The Labute approximate surface area is 84.4 Å². The third-order valence-corrected chi connectivity index (χ3v) is 2.53. The van der Waals surface area contributed by atoms with E-state index in [0.29, 0.717) is 16.4 Å². The molecule has 0 fully saturated rings. The Balaban J connectivity index is 2.56. The van der Waals surface area contributed by atoms with Crippen molar-refractivity contribution in [2.24, 2.45) is 0 Å². The van der Waals surface area contributed by atoms with Crippen molar-refractivity contribution in [2.45, 2.75) is 5.50 Å². The molecule has 1 aliphatic heterocycles. The molecule has 1 aromatic heterocycles. The first-order valence-corrected chi connectivity index (χ1v) is 4.31. The first kappa shape index (κ1) is 8.74. The molecule has 0 saturated carbocycles. The van der Waals surface area contributed by atoms with Crippen molar-refractivity contribution in [3.63, 3.8) is 0 Å². The number of alkyl halides is 1. The highest BCUT2D eigenvalue weighted by Gasteiger charge is 2.25. The quantitative estimate of drug-likeness (QED) is 0.533. The van der Waals surface area contributed by atoms with Crippen LogP contribution in [0.15, 0.2) is 17.6 Å². The highest BCUT2D eigenvalue weighted by molar-refractivity contribution is 6.40. The largest absolute Gasteiger partial charge is 0.286 e. The zero-order valence-corrected chi connectivity index (χ0v) is 7.87. The fourth-order valence-electron chi connectivity index (χ4n) is 1.06. The number of nitrogens with zero attached hydrogens (tertiary/aromatic N) is 3. The van der Waals surface area contributed by atoms with E-state index in [1.54, 1.807) is 6.08 Å². The van der Waals surface area contributed by atoms with Gasteiger partial charge in [0, 0.05) is 0 Å². The molecular weight excluding hydrogens is 213 g/mol. The van der Waals surface area contributed by atoms with Crippen molar-refractivity contribution in [3.8, 4) is 0 Å². The maximum absolute atomic E-state index is 9.50. The molecule has 2 rings (SSSR count). The van der Waals surface area contributed by atoms with Crippen molar-refractivity contribution in [1.29, 1.82) is 0 Å². The van der Waals surface area contributed by atoms with E-state index < -0.39 is 5.50 Å². The van der Waals surface area contributed by atoms with E-state index in [1.165, 1.54) is 12.5 Å². The van der Waals surface area contributed by atoms with Crippen LogP contribution < -0.4 is 5.06 Å². The maximum Gasteiger partial charge on any atom is 0.165 e. The summed E-state index contributed by atoms with van der Waals surface area (Å²) < 4.78 is 0. The fraction of sp³-hybridized carbons (Fsp3) is 0.143. The van der Waals surface area contributed by atoms with Gasteiger partial charge >= 0.3 is 0 Å². The average molecular weight is 218 g/mol. The van der Waals surface area contributed by atoms with Gasteiger partial charge in [0.25, 0.3) is 0 Å². The van der Waals surface area contributed by atoms with Crippen LogP contribution in [0.4, 0.5) is 5.69 Å². The predicted molar refractivity (Wildman–Crippen MR) is 49.8 cm³/mol. The lowest BCUT2D eigenvalue weighted by molar-refractivity contribution is 0.253. The minimum atomic E-state index is -0.764. The number of anilines is 1. The van der Waals surface area contributed by atoms with Gasteiger partial charge in [-0.1, -0.05) is 23.2 Å². The number of hydrogen-bond donors (Lipinski definition) is 1. The summed E-state index contributed by atoms with van der Waals surface area (Å²) in [5.74, 6) is 0. The minimum Gasteiger partial charge on any atom is -0.286 e. The average Bonchev–Trinajstić information content (AvgIpc) is 2.15. The van der Waals surface area contributed by atoms with E-state index in [-0.39, 0.29) is 0 Å². The van der Waals surface area contributed by atoms with Crippen molar-refractivity contribution in [1.82, 2.24) is 9.97 Å². The summed E-state index contributed by atoms with van der Waals surface area (Å²) in [6, 6.07) is 0. The van der Waals surface area contributed by atoms with Crippen LogP contribution in [0.1, 0.15) is 5.69 Å². The summed E-state index contributed by atoms with van der Waals surface area (Å²) in [7, 11) is 0. The van der Waals surface area contributed by atoms with E-state index in [0.717, 1.165) is 5.06 Å². The molecule has 1 aliphatic rings. The molecule has 68 valence electrons. The second kappa shape index (κ2) is 3.14. The summed E-state index contributed by atoms with van der Waals surface area (Å²) in [5, 5.41) is 10.7. The normalized spacial score (nSPS) is 21.0. The van der Waals surface area contributed by atoms with Gasteiger partial charge in [0.05, 0.1) is 16.9 Å². The second-order valence-corrected chi connectivity index (χ2v) is 3.35. The SMILES string of the molecule is ON1c2cncnc2C=C(Cl)C1Cl. The maximum atomic E-state index is 9.50. The number of hydroxylamine groups is 1. The van der Waals surface area contributed by atoms with Crippen molar-refractivity contribution >= 4 is 35.0 Å². The summed E-state index contributed by atoms with van der Waals surface area (Å²) in [6.45, 7) is 0. The van der Waals surface area contributed by atoms with Crippen LogP contribution in [0.5, 0.6) is 0 Å². The van der Waals surface area contributed by atoms with Gasteiger partial charge in [-0.25, -0.2) is 15.0 Å². The summed E-state index contributed by atoms with van der Waals surface area (Å²) in [6.07, 6.45) is 4.45. The van der Waals surface area contributed by atoms with Gasteiger partial charge < -0.3 is 0 Å². The molecule has 1 atom stereocenters. The number of halogens is 2. The molecule has 13 heavy (non-hydrogen) atoms. The van der Waals surface area contributed by atoms with Crippen LogP contribution in [0, 0.1) is 0 Å². The smallest absolute Gasteiger partial charge is 0.165 e. The van der Waals surface area contributed by atoms with E-state index in [2.05, 4.69) is 9.97 Å². The Hall–Kier alpha value is -0.840. The number of hydrogen-bond acceptors (Lipinski definition) is 4. The molecule has 1 aromatic rings. The molecule has 0 bridgehead atoms. The Kier molecular flexibility index (Phi) is 2.11. The predicted octanol–water partition coefficient (Wildman–Crippen LogP) is 1.83. The first-order valence-electron chi connectivity index (χ1n) is 3.49. The van der Waals surface area contributed by atoms with Crippen LogP contribution in [0.2, 0.25) is 0 Å². The van der Waals surface area contributed by atoms with Crippen LogP contribution in [-0.4, -0.2) is 20.7 Å². The molecule has 6 heteroatoms. The molecular formula is C7H5Cl2N3O. The number of aromatic nitrogens is 2. The van der Waals surface area contributed by atoms with Gasteiger partial charge in [-0.2, -0.15) is 0 Å². The molecule has 0 saturated heterocycles. The minimum absolute atomic E-state index is 0.329. The van der Waals surface area contributed by atoms with Gasteiger partial charge in [-0.05, 0) is 6.08 Å². The fourth-order valence-corrected chi connectivity index (χ4v) is 1.42. The van der Waals surface area contributed by atoms with Gasteiger partial charge in [0.2, 0.25) is 0 Å². The monoisotopic (exact) mass is 217 g/mol. The number of rotatable bonds is 0. The second-order valence-electron chi connectivity index (χ2n) is 2.50. The Morgan fingerprint density at radius 2 is 2.31 bits per heavy atom. The van der Waals surface area contributed by atoms with Gasteiger partial charge in [-0.3, -0.25) is 5.21 Å². The molecule has 0 radical (unpaired) electrons. The van der Waals surface area contributed by atoms with Crippen LogP contribution in [0.25, 0.3) is 6.08 Å². The molecule has 4 nitrogen and oxygen atoms in total. The third-order valence-electron chi connectivity index (χ3n) is 1.69. The molecule has 1 unspecified atom stereocenters. The molecule has 0 spiro atoms. The lowest BCUT2D eigenvalue weighted by Gasteiger charge is -2.26. The first-order chi connectivity index (χ1) is 6.20. The number of fused-ring (bicyclic) bond motifs is 1. The lowest BCUT2D eigenvalue weighted by Crippen LogP contribution is -2.31. The summed E-state index contributed by atoms with van der Waals surface area (Å²) in [5.41, 5.74) is 0.242. The van der Waals surface area contributed by atoms with E-state index in [9.17, 15) is 5.21 Å². The molecule has 2 heterocycles. The van der Waals surface area contributed by atoms with E-state index >= 15 is 0 Å². The lowest BCUT2D eigenvalue weighted by atomic mass is 10.2. The van der Waals surface area contributed by atoms with Crippen LogP contribution >= 0.6 is 23.2 Å². The van der Waals surface area contributed by atoms with E-state index in [4.69, 9.17) is 23.2 Å². The van der Waals surface area contributed by atoms with Crippen LogP contribution in [-0.2, 0) is 0 Å². The Morgan fingerprint density at radius 1 is 1.54 bits per heavy atom. The van der Waals surface area contributed by atoms with Crippen molar-refractivity contribution < 1.29 is 5.21 Å².